The lowest BCUT2D eigenvalue weighted by atomic mass is 9.92. The SMILES string of the molecule is COCCOc1ccc(-c2ccc(C(C)(C)NC(=O)O)cc2)cc1. The molecule has 0 aliphatic carbocycles. The lowest BCUT2D eigenvalue weighted by Crippen LogP contribution is -2.39. The van der Waals surface area contributed by atoms with Crippen LogP contribution < -0.4 is 10.1 Å². The van der Waals surface area contributed by atoms with Crippen LogP contribution in [0.15, 0.2) is 48.5 Å². The third-order valence-electron chi connectivity index (χ3n) is 3.77. The Morgan fingerprint density at radius 2 is 1.54 bits per heavy atom. The van der Waals surface area contributed by atoms with Gasteiger partial charge in [0.05, 0.1) is 12.1 Å². The number of amides is 1. The molecule has 0 aromatic heterocycles. The molecule has 0 aliphatic rings. The van der Waals surface area contributed by atoms with E-state index in [1.54, 1.807) is 7.11 Å². The molecule has 2 aromatic carbocycles. The molecule has 0 spiro atoms. The highest BCUT2D eigenvalue weighted by Crippen LogP contribution is 2.26. The largest absolute Gasteiger partial charge is 0.491 e. The average molecular weight is 329 g/mol. The Labute approximate surface area is 142 Å². The van der Waals surface area contributed by atoms with E-state index in [1.807, 2.05) is 62.4 Å². The number of methoxy groups -OCH3 is 1. The zero-order valence-electron chi connectivity index (χ0n) is 14.2. The normalized spacial score (nSPS) is 11.1. The van der Waals surface area contributed by atoms with Crippen LogP contribution in [0.4, 0.5) is 4.79 Å². The molecule has 0 bridgehead atoms. The molecule has 2 aromatic rings. The summed E-state index contributed by atoms with van der Waals surface area (Å²) in [5.74, 6) is 0.805. The van der Waals surface area contributed by atoms with Crippen molar-refractivity contribution in [2.24, 2.45) is 0 Å². The zero-order chi connectivity index (χ0) is 17.6. The summed E-state index contributed by atoms with van der Waals surface area (Å²) in [6.45, 7) is 4.75. The van der Waals surface area contributed by atoms with Crippen LogP contribution >= 0.6 is 0 Å². The number of ether oxygens (including phenoxy) is 2. The Kier molecular flexibility index (Phi) is 5.82. The third-order valence-corrected chi connectivity index (χ3v) is 3.77. The standard InChI is InChI=1S/C19H23NO4/c1-19(2,20-18(21)22)16-8-4-14(5-9-16)15-6-10-17(11-7-15)24-13-12-23-3/h4-11,20H,12-13H2,1-3H3,(H,21,22). The van der Waals surface area contributed by atoms with Gasteiger partial charge in [-0.05, 0) is 42.7 Å². The Morgan fingerprint density at radius 1 is 1.00 bits per heavy atom. The summed E-state index contributed by atoms with van der Waals surface area (Å²) in [5, 5.41) is 11.4. The van der Waals surface area contributed by atoms with Gasteiger partial charge in [-0.1, -0.05) is 36.4 Å². The first-order chi connectivity index (χ1) is 11.4. The smallest absolute Gasteiger partial charge is 0.405 e. The molecule has 0 fully saturated rings. The van der Waals surface area contributed by atoms with Crippen molar-refractivity contribution in [1.29, 1.82) is 0 Å². The van der Waals surface area contributed by atoms with Gasteiger partial charge in [0.2, 0.25) is 0 Å². The van der Waals surface area contributed by atoms with Crippen LogP contribution in [-0.4, -0.2) is 31.5 Å². The Balaban J connectivity index is 2.09. The number of hydrogen-bond acceptors (Lipinski definition) is 3. The molecule has 24 heavy (non-hydrogen) atoms. The van der Waals surface area contributed by atoms with E-state index in [0.717, 1.165) is 22.4 Å². The maximum Gasteiger partial charge on any atom is 0.405 e. The number of benzene rings is 2. The number of hydrogen-bond donors (Lipinski definition) is 2. The number of nitrogens with one attached hydrogen (secondary N) is 1. The zero-order valence-corrected chi connectivity index (χ0v) is 14.2. The molecule has 0 saturated carbocycles. The summed E-state index contributed by atoms with van der Waals surface area (Å²) in [7, 11) is 1.64. The first-order valence-corrected chi connectivity index (χ1v) is 7.76. The van der Waals surface area contributed by atoms with Crippen LogP contribution in [0.2, 0.25) is 0 Å². The molecular formula is C19H23NO4. The molecule has 2 rings (SSSR count). The van der Waals surface area contributed by atoms with E-state index in [0.29, 0.717) is 13.2 Å². The van der Waals surface area contributed by atoms with Gasteiger partial charge in [0.15, 0.2) is 0 Å². The highest BCUT2D eigenvalue weighted by atomic mass is 16.5. The fraction of sp³-hybridized carbons (Fsp3) is 0.316. The molecule has 0 atom stereocenters. The average Bonchev–Trinajstić information content (AvgIpc) is 2.55. The van der Waals surface area contributed by atoms with Gasteiger partial charge in [-0.2, -0.15) is 0 Å². The van der Waals surface area contributed by atoms with E-state index in [9.17, 15) is 4.79 Å². The van der Waals surface area contributed by atoms with E-state index in [1.165, 1.54) is 0 Å². The minimum Gasteiger partial charge on any atom is -0.491 e. The van der Waals surface area contributed by atoms with Gasteiger partial charge in [0.25, 0.3) is 0 Å². The quantitative estimate of drug-likeness (QED) is 0.757. The van der Waals surface area contributed by atoms with Crippen LogP contribution in [0.3, 0.4) is 0 Å². The minimum atomic E-state index is -1.03. The van der Waals surface area contributed by atoms with Crippen molar-refractivity contribution in [3.8, 4) is 16.9 Å². The molecule has 0 unspecified atom stereocenters. The van der Waals surface area contributed by atoms with E-state index in [-0.39, 0.29) is 0 Å². The van der Waals surface area contributed by atoms with Gasteiger partial charge in [0.1, 0.15) is 12.4 Å². The number of rotatable bonds is 7. The summed E-state index contributed by atoms with van der Waals surface area (Å²) in [5.41, 5.74) is 2.41. The van der Waals surface area contributed by atoms with Crippen LogP contribution in [-0.2, 0) is 10.3 Å². The van der Waals surface area contributed by atoms with Gasteiger partial charge < -0.3 is 19.9 Å². The van der Waals surface area contributed by atoms with Crippen LogP contribution in [0, 0.1) is 0 Å². The van der Waals surface area contributed by atoms with Crippen LogP contribution in [0.5, 0.6) is 5.75 Å². The molecule has 0 aliphatic heterocycles. The molecule has 0 radical (unpaired) electrons. The van der Waals surface area contributed by atoms with Crippen molar-refractivity contribution < 1.29 is 19.4 Å². The van der Waals surface area contributed by atoms with E-state index in [2.05, 4.69) is 5.32 Å². The first kappa shape index (κ1) is 17.8. The van der Waals surface area contributed by atoms with Gasteiger partial charge in [-0.25, -0.2) is 4.79 Å². The summed E-state index contributed by atoms with van der Waals surface area (Å²) in [6.07, 6.45) is -1.03. The van der Waals surface area contributed by atoms with E-state index >= 15 is 0 Å². The van der Waals surface area contributed by atoms with Crippen molar-refractivity contribution in [2.45, 2.75) is 19.4 Å². The maximum atomic E-state index is 10.9. The van der Waals surface area contributed by atoms with Crippen LogP contribution in [0.1, 0.15) is 19.4 Å². The highest BCUT2D eigenvalue weighted by molar-refractivity contribution is 5.67. The van der Waals surface area contributed by atoms with Gasteiger partial charge in [0, 0.05) is 7.11 Å². The Hall–Kier alpha value is -2.53. The van der Waals surface area contributed by atoms with Gasteiger partial charge >= 0.3 is 6.09 Å². The summed E-state index contributed by atoms with van der Waals surface area (Å²) in [6, 6.07) is 15.7. The fourth-order valence-electron chi connectivity index (χ4n) is 2.41. The lowest BCUT2D eigenvalue weighted by molar-refractivity contribution is 0.146. The molecule has 0 saturated heterocycles. The topological polar surface area (TPSA) is 67.8 Å². The molecule has 5 nitrogen and oxygen atoms in total. The Morgan fingerprint density at radius 3 is 2.04 bits per heavy atom. The predicted molar refractivity (Wildman–Crippen MR) is 93.4 cm³/mol. The predicted octanol–water partition coefficient (Wildman–Crippen LogP) is 3.88. The van der Waals surface area contributed by atoms with E-state index < -0.39 is 11.6 Å². The van der Waals surface area contributed by atoms with E-state index in [4.69, 9.17) is 14.6 Å². The molecule has 1 amide bonds. The highest BCUT2D eigenvalue weighted by Gasteiger charge is 2.22. The maximum absolute atomic E-state index is 10.9. The number of carboxylic acid groups (broad SMARTS) is 1. The molecule has 128 valence electrons. The monoisotopic (exact) mass is 329 g/mol. The Bertz CT molecular complexity index is 663. The first-order valence-electron chi connectivity index (χ1n) is 7.76. The van der Waals surface area contributed by atoms with Crippen molar-refractivity contribution >= 4 is 6.09 Å². The summed E-state index contributed by atoms with van der Waals surface area (Å²) >= 11 is 0. The van der Waals surface area contributed by atoms with Crippen molar-refractivity contribution in [3.05, 3.63) is 54.1 Å². The van der Waals surface area contributed by atoms with Gasteiger partial charge in [-0.3, -0.25) is 0 Å². The summed E-state index contributed by atoms with van der Waals surface area (Å²) < 4.78 is 10.5. The molecule has 5 heteroatoms. The second kappa shape index (κ2) is 7.84. The molecule has 2 N–H and O–H groups in total. The van der Waals surface area contributed by atoms with Crippen molar-refractivity contribution in [3.63, 3.8) is 0 Å². The van der Waals surface area contributed by atoms with Gasteiger partial charge in [-0.15, -0.1) is 0 Å². The van der Waals surface area contributed by atoms with Crippen molar-refractivity contribution in [2.75, 3.05) is 20.3 Å². The summed E-state index contributed by atoms with van der Waals surface area (Å²) in [4.78, 5) is 10.9. The lowest BCUT2D eigenvalue weighted by Gasteiger charge is -2.25. The number of carbonyl (C=O) groups is 1. The fourth-order valence-corrected chi connectivity index (χ4v) is 2.41. The van der Waals surface area contributed by atoms with Crippen LogP contribution in [0.25, 0.3) is 11.1 Å². The molecule has 0 heterocycles. The second-order valence-electron chi connectivity index (χ2n) is 6.00. The minimum absolute atomic E-state index is 0.524. The third kappa shape index (κ3) is 4.73. The second-order valence-corrected chi connectivity index (χ2v) is 6.00. The van der Waals surface area contributed by atoms with Crippen molar-refractivity contribution in [1.82, 2.24) is 5.32 Å². The molecular weight excluding hydrogens is 306 g/mol.